The number of halogens is 2. The molecule has 1 heterocycles. The summed E-state index contributed by atoms with van der Waals surface area (Å²) in [5.74, 6) is 0.423. The first-order valence-corrected chi connectivity index (χ1v) is 9.61. The van der Waals surface area contributed by atoms with Gasteiger partial charge in [0.25, 0.3) is 5.69 Å². The van der Waals surface area contributed by atoms with Crippen molar-refractivity contribution in [1.82, 2.24) is 5.43 Å². The molecule has 1 amide bonds. The predicted octanol–water partition coefficient (Wildman–Crippen LogP) is 5.07. The second-order valence-electron chi connectivity index (χ2n) is 5.72. The van der Waals surface area contributed by atoms with Crippen LogP contribution < -0.4 is 5.43 Å². The smallest absolute Gasteiger partial charge is 0.281 e. The van der Waals surface area contributed by atoms with E-state index in [1.165, 1.54) is 12.3 Å². The molecule has 0 bridgehead atoms. The molecule has 0 aliphatic carbocycles. The van der Waals surface area contributed by atoms with Crippen LogP contribution in [0.3, 0.4) is 0 Å². The first-order valence-electron chi connectivity index (χ1n) is 8.03. The summed E-state index contributed by atoms with van der Waals surface area (Å²) in [6, 6.07) is 15.3. The van der Waals surface area contributed by atoms with Crippen molar-refractivity contribution in [2.75, 3.05) is 0 Å². The third-order valence-corrected chi connectivity index (χ3v) is 4.73. The fraction of sp³-hybridized carbons (Fsp3) is 0.0526. The molecule has 0 spiro atoms. The molecule has 1 N–H and O–H groups in total. The molecule has 28 heavy (non-hydrogen) atoms. The van der Waals surface area contributed by atoms with Crippen molar-refractivity contribution < 1.29 is 14.1 Å². The third-order valence-electron chi connectivity index (χ3n) is 3.71. The molecule has 1 aromatic heterocycles. The third kappa shape index (κ3) is 5.14. The number of nitro benzene ring substituents is 1. The number of amides is 1. The van der Waals surface area contributed by atoms with Gasteiger partial charge in [0.15, 0.2) is 0 Å². The van der Waals surface area contributed by atoms with Crippen LogP contribution in [0.15, 0.2) is 73.1 Å². The first-order chi connectivity index (χ1) is 13.4. The van der Waals surface area contributed by atoms with Gasteiger partial charge in [0.1, 0.15) is 11.5 Å². The number of furan rings is 1. The highest BCUT2D eigenvalue weighted by molar-refractivity contribution is 9.10. The van der Waals surface area contributed by atoms with E-state index in [4.69, 9.17) is 4.42 Å². The Hall–Kier alpha value is -2.78. The summed E-state index contributed by atoms with van der Waals surface area (Å²) in [4.78, 5) is 22.7. The van der Waals surface area contributed by atoms with Crippen LogP contribution in [0, 0.1) is 10.1 Å². The van der Waals surface area contributed by atoms with Gasteiger partial charge in [0.05, 0.1) is 23.1 Å². The number of rotatable bonds is 6. The lowest BCUT2D eigenvalue weighted by molar-refractivity contribution is -0.384. The number of nitrogens with one attached hydrogen (secondary N) is 1. The largest absolute Gasteiger partial charge is 0.455 e. The maximum atomic E-state index is 11.9. The highest BCUT2D eigenvalue weighted by atomic mass is 79.9. The fourth-order valence-electron chi connectivity index (χ4n) is 2.43. The molecule has 0 saturated heterocycles. The number of benzene rings is 2. The van der Waals surface area contributed by atoms with Crippen LogP contribution in [0.2, 0.25) is 0 Å². The summed E-state index contributed by atoms with van der Waals surface area (Å²) < 4.78 is 7.13. The van der Waals surface area contributed by atoms with Crippen molar-refractivity contribution in [2.24, 2.45) is 5.10 Å². The SMILES string of the molecule is O=C(Cc1ccc(Br)cc1)N/N=C/c1ccc(-c2ccc(Br)cc2[N+](=O)[O-])o1. The van der Waals surface area contributed by atoms with Crippen LogP contribution in [0.4, 0.5) is 5.69 Å². The molecular weight excluding hydrogens is 494 g/mol. The maximum absolute atomic E-state index is 11.9. The van der Waals surface area contributed by atoms with E-state index < -0.39 is 4.92 Å². The summed E-state index contributed by atoms with van der Waals surface area (Å²) >= 11 is 6.56. The Bertz CT molecular complexity index is 1050. The Labute approximate surface area is 176 Å². The van der Waals surface area contributed by atoms with E-state index in [0.717, 1.165) is 10.0 Å². The van der Waals surface area contributed by atoms with Gasteiger partial charge in [0.2, 0.25) is 5.91 Å². The summed E-state index contributed by atoms with van der Waals surface area (Å²) in [6.07, 6.45) is 1.53. The van der Waals surface area contributed by atoms with E-state index >= 15 is 0 Å². The van der Waals surface area contributed by atoms with E-state index in [9.17, 15) is 14.9 Å². The second-order valence-corrected chi connectivity index (χ2v) is 7.55. The van der Waals surface area contributed by atoms with Crippen molar-refractivity contribution in [3.05, 3.63) is 85.0 Å². The molecule has 0 saturated carbocycles. The lowest BCUT2D eigenvalue weighted by atomic mass is 10.1. The molecule has 3 aromatic rings. The average Bonchev–Trinajstić information content (AvgIpc) is 3.12. The number of nitro groups is 1. The summed E-state index contributed by atoms with van der Waals surface area (Å²) in [7, 11) is 0. The molecule has 3 rings (SSSR count). The molecule has 2 aromatic carbocycles. The standard InChI is InChI=1S/C19H13Br2N3O4/c20-13-3-1-12(2-4-13)9-19(25)23-22-11-15-6-8-18(28-15)16-7-5-14(21)10-17(16)24(26)27/h1-8,10-11H,9H2,(H,23,25)/b22-11+. The Morgan fingerprint density at radius 2 is 1.82 bits per heavy atom. The first kappa shape index (κ1) is 20.0. The monoisotopic (exact) mass is 505 g/mol. The van der Waals surface area contributed by atoms with Crippen molar-refractivity contribution >= 4 is 49.7 Å². The molecule has 0 fully saturated rings. The predicted molar refractivity (Wildman–Crippen MR) is 112 cm³/mol. The van der Waals surface area contributed by atoms with Gasteiger partial charge in [-0.2, -0.15) is 5.10 Å². The van der Waals surface area contributed by atoms with Gasteiger partial charge in [-0.1, -0.05) is 44.0 Å². The van der Waals surface area contributed by atoms with Crippen molar-refractivity contribution in [1.29, 1.82) is 0 Å². The molecule has 142 valence electrons. The molecule has 9 heteroatoms. The fourth-order valence-corrected chi connectivity index (χ4v) is 3.04. The van der Waals surface area contributed by atoms with Gasteiger partial charge < -0.3 is 4.42 Å². The van der Waals surface area contributed by atoms with Gasteiger partial charge in [-0.15, -0.1) is 0 Å². The number of carbonyl (C=O) groups excluding carboxylic acids is 1. The number of hydrazone groups is 1. The van der Waals surface area contributed by atoms with Crippen molar-refractivity contribution in [3.8, 4) is 11.3 Å². The van der Waals surface area contributed by atoms with E-state index in [0.29, 0.717) is 21.6 Å². The average molecular weight is 507 g/mol. The minimum absolute atomic E-state index is 0.0741. The molecule has 0 aliphatic heterocycles. The van der Waals surface area contributed by atoms with Crippen LogP contribution in [-0.2, 0) is 11.2 Å². The number of hydrogen-bond acceptors (Lipinski definition) is 5. The second kappa shape index (κ2) is 8.94. The topological polar surface area (TPSA) is 97.7 Å². The van der Waals surface area contributed by atoms with Crippen LogP contribution in [0.5, 0.6) is 0 Å². The quantitative estimate of drug-likeness (QED) is 0.286. The van der Waals surface area contributed by atoms with Gasteiger partial charge >= 0.3 is 0 Å². The Kier molecular flexibility index (Phi) is 6.37. The molecule has 7 nitrogen and oxygen atoms in total. The van der Waals surface area contributed by atoms with Gasteiger partial charge in [-0.25, -0.2) is 5.43 Å². The zero-order chi connectivity index (χ0) is 20.1. The van der Waals surface area contributed by atoms with Gasteiger partial charge in [0, 0.05) is 15.0 Å². The molecular formula is C19H13Br2N3O4. The summed E-state index contributed by atoms with van der Waals surface area (Å²) in [6.45, 7) is 0. The number of hydrogen-bond donors (Lipinski definition) is 1. The molecule has 0 aliphatic rings. The number of nitrogens with zero attached hydrogens (tertiary/aromatic N) is 2. The zero-order valence-corrected chi connectivity index (χ0v) is 17.4. The Morgan fingerprint density at radius 1 is 1.11 bits per heavy atom. The minimum Gasteiger partial charge on any atom is -0.455 e. The van der Waals surface area contributed by atoms with E-state index in [2.05, 4.69) is 42.4 Å². The van der Waals surface area contributed by atoms with Crippen LogP contribution in [-0.4, -0.2) is 17.0 Å². The van der Waals surface area contributed by atoms with Crippen molar-refractivity contribution in [2.45, 2.75) is 6.42 Å². The Balaban J connectivity index is 1.65. The van der Waals surface area contributed by atoms with Gasteiger partial charge in [-0.05, 0) is 42.0 Å². The van der Waals surface area contributed by atoms with E-state index in [-0.39, 0.29) is 18.0 Å². The normalized spacial score (nSPS) is 10.9. The highest BCUT2D eigenvalue weighted by Crippen LogP contribution is 2.33. The van der Waals surface area contributed by atoms with Gasteiger partial charge in [-0.3, -0.25) is 14.9 Å². The molecule has 0 atom stereocenters. The van der Waals surface area contributed by atoms with E-state index in [1.807, 2.05) is 24.3 Å². The lowest BCUT2D eigenvalue weighted by Gasteiger charge is -2.01. The summed E-state index contributed by atoms with van der Waals surface area (Å²) in [5.41, 5.74) is 3.56. The van der Waals surface area contributed by atoms with Crippen LogP contribution in [0.25, 0.3) is 11.3 Å². The van der Waals surface area contributed by atoms with Crippen LogP contribution >= 0.6 is 31.9 Å². The summed E-state index contributed by atoms with van der Waals surface area (Å²) in [5, 5.41) is 15.1. The minimum atomic E-state index is -0.473. The molecule has 0 unspecified atom stereocenters. The highest BCUT2D eigenvalue weighted by Gasteiger charge is 2.18. The zero-order valence-electron chi connectivity index (χ0n) is 14.3. The Morgan fingerprint density at radius 3 is 2.54 bits per heavy atom. The van der Waals surface area contributed by atoms with Crippen molar-refractivity contribution in [3.63, 3.8) is 0 Å². The van der Waals surface area contributed by atoms with E-state index in [1.54, 1.807) is 24.3 Å². The maximum Gasteiger partial charge on any atom is 0.281 e. The molecule has 0 radical (unpaired) electrons. The van der Waals surface area contributed by atoms with Crippen LogP contribution in [0.1, 0.15) is 11.3 Å². The number of carbonyl (C=O) groups is 1. The lowest BCUT2D eigenvalue weighted by Crippen LogP contribution is -2.19.